The molecular weight excluding hydrogens is 398 g/mol. The Kier molecular flexibility index (Phi) is 5.02. The molecule has 5 heteroatoms. The van der Waals surface area contributed by atoms with Gasteiger partial charge in [0.05, 0.1) is 6.04 Å². The Morgan fingerprint density at radius 3 is 2.50 bits per heavy atom. The van der Waals surface area contributed by atoms with Crippen molar-refractivity contribution >= 4 is 28.4 Å². The summed E-state index contributed by atoms with van der Waals surface area (Å²) < 4.78 is 0. The molecule has 0 radical (unpaired) electrons. The Bertz CT molecular complexity index is 1320. The molecule has 4 aromatic rings. The van der Waals surface area contributed by atoms with Crippen LogP contribution in [0.25, 0.3) is 10.9 Å². The number of hydrogen-bond acceptors (Lipinski definition) is 2. The van der Waals surface area contributed by atoms with Gasteiger partial charge in [-0.2, -0.15) is 0 Å². The summed E-state index contributed by atoms with van der Waals surface area (Å²) in [5, 5.41) is 4.04. The fraction of sp³-hybridized carbons (Fsp3) is 0.185. The first kappa shape index (κ1) is 20.1. The molecule has 2 amide bonds. The zero-order chi connectivity index (χ0) is 22.2. The largest absolute Gasteiger partial charge is 0.358 e. The standard InChI is InChI=1S/C27H25N3O2/c1-17-11-13-19(14-12-17)29-24(31)15-16-30-26(20-7-3-4-8-21(20)27(30)32)25-18(2)28-23-10-6-5-9-22(23)25/h3-14,26,28H,15-16H2,1-2H3,(H,29,31)/t26-/m0/s1. The maximum absolute atomic E-state index is 13.3. The average Bonchev–Trinajstić information content (AvgIpc) is 3.27. The first-order valence-corrected chi connectivity index (χ1v) is 10.9. The lowest BCUT2D eigenvalue weighted by molar-refractivity contribution is -0.116. The van der Waals surface area contributed by atoms with Crippen LogP contribution in [0.3, 0.4) is 0 Å². The minimum Gasteiger partial charge on any atom is -0.358 e. The van der Waals surface area contributed by atoms with Crippen LogP contribution in [-0.4, -0.2) is 28.2 Å². The van der Waals surface area contributed by atoms with Gasteiger partial charge in [0, 0.05) is 46.4 Å². The molecular formula is C27H25N3O2. The van der Waals surface area contributed by atoms with Gasteiger partial charge in [0.2, 0.25) is 5.91 Å². The molecule has 0 saturated carbocycles. The first-order valence-electron chi connectivity index (χ1n) is 10.9. The highest BCUT2D eigenvalue weighted by Crippen LogP contribution is 2.42. The number of anilines is 1. The van der Waals surface area contributed by atoms with Crippen molar-refractivity contribution in [2.75, 3.05) is 11.9 Å². The number of nitrogens with one attached hydrogen (secondary N) is 2. The molecule has 0 fully saturated rings. The van der Waals surface area contributed by atoms with Crippen LogP contribution >= 0.6 is 0 Å². The Morgan fingerprint density at radius 1 is 0.969 bits per heavy atom. The first-order chi connectivity index (χ1) is 15.5. The maximum atomic E-state index is 13.3. The van der Waals surface area contributed by atoms with E-state index in [1.54, 1.807) is 0 Å². The molecule has 0 aliphatic carbocycles. The molecule has 1 aromatic heterocycles. The molecule has 0 bridgehead atoms. The normalized spacial score (nSPS) is 15.2. The summed E-state index contributed by atoms with van der Waals surface area (Å²) >= 11 is 0. The highest BCUT2D eigenvalue weighted by molar-refractivity contribution is 6.01. The second-order valence-corrected chi connectivity index (χ2v) is 8.36. The lowest BCUT2D eigenvalue weighted by atomic mass is 9.95. The lowest BCUT2D eigenvalue weighted by Gasteiger charge is -2.26. The molecule has 0 spiro atoms. The van der Waals surface area contributed by atoms with Crippen molar-refractivity contribution in [2.45, 2.75) is 26.3 Å². The van der Waals surface area contributed by atoms with E-state index in [4.69, 9.17) is 0 Å². The summed E-state index contributed by atoms with van der Waals surface area (Å²) in [6, 6.07) is 23.4. The number of carbonyl (C=O) groups excluding carboxylic acids is 2. The van der Waals surface area contributed by atoms with Crippen LogP contribution < -0.4 is 5.32 Å². The predicted octanol–water partition coefficient (Wildman–Crippen LogP) is 5.36. The van der Waals surface area contributed by atoms with Crippen LogP contribution in [0.15, 0.2) is 72.8 Å². The summed E-state index contributed by atoms with van der Waals surface area (Å²) in [4.78, 5) is 31.3. The van der Waals surface area contributed by atoms with Gasteiger partial charge in [0.15, 0.2) is 0 Å². The molecule has 1 atom stereocenters. The molecule has 0 saturated heterocycles. The van der Waals surface area contributed by atoms with E-state index in [0.29, 0.717) is 12.1 Å². The van der Waals surface area contributed by atoms with E-state index in [2.05, 4.69) is 16.4 Å². The molecule has 1 aliphatic heterocycles. The number of rotatable bonds is 5. The fourth-order valence-electron chi connectivity index (χ4n) is 4.65. The third-order valence-corrected chi connectivity index (χ3v) is 6.19. The molecule has 5 nitrogen and oxygen atoms in total. The van der Waals surface area contributed by atoms with Gasteiger partial charge in [-0.1, -0.05) is 54.1 Å². The van der Waals surface area contributed by atoms with Gasteiger partial charge in [0.1, 0.15) is 0 Å². The van der Waals surface area contributed by atoms with Crippen LogP contribution in [0.1, 0.15) is 45.2 Å². The second-order valence-electron chi connectivity index (χ2n) is 8.36. The van der Waals surface area contributed by atoms with Crippen LogP contribution in [0.2, 0.25) is 0 Å². The van der Waals surface area contributed by atoms with Crippen LogP contribution in [0.4, 0.5) is 5.69 Å². The molecule has 1 aliphatic rings. The van der Waals surface area contributed by atoms with Crippen molar-refractivity contribution in [3.8, 4) is 0 Å². The Labute approximate surface area is 187 Å². The Morgan fingerprint density at radius 2 is 1.69 bits per heavy atom. The number of para-hydroxylation sites is 1. The van der Waals surface area contributed by atoms with Gasteiger partial charge in [-0.3, -0.25) is 9.59 Å². The lowest BCUT2D eigenvalue weighted by Crippen LogP contribution is -2.32. The van der Waals surface area contributed by atoms with Crippen molar-refractivity contribution in [1.29, 1.82) is 0 Å². The Balaban J connectivity index is 1.45. The number of carbonyl (C=O) groups is 2. The summed E-state index contributed by atoms with van der Waals surface area (Å²) in [6.45, 7) is 4.40. The van der Waals surface area contributed by atoms with E-state index in [1.165, 1.54) is 0 Å². The van der Waals surface area contributed by atoms with Crippen molar-refractivity contribution in [3.05, 3.63) is 101 Å². The van der Waals surface area contributed by atoms with Crippen molar-refractivity contribution in [1.82, 2.24) is 9.88 Å². The van der Waals surface area contributed by atoms with E-state index in [0.717, 1.165) is 39.0 Å². The summed E-state index contributed by atoms with van der Waals surface area (Å²) in [7, 11) is 0. The molecule has 160 valence electrons. The number of aromatic nitrogens is 1. The minimum absolute atomic E-state index is 0.0292. The number of benzene rings is 3. The highest BCUT2D eigenvalue weighted by Gasteiger charge is 2.39. The van der Waals surface area contributed by atoms with Crippen molar-refractivity contribution < 1.29 is 9.59 Å². The van der Waals surface area contributed by atoms with E-state index in [9.17, 15) is 9.59 Å². The summed E-state index contributed by atoms with van der Waals surface area (Å²) in [5.41, 5.74) is 6.79. The van der Waals surface area contributed by atoms with E-state index >= 15 is 0 Å². The molecule has 5 rings (SSSR count). The second kappa shape index (κ2) is 8.00. The average molecular weight is 424 g/mol. The van der Waals surface area contributed by atoms with Gasteiger partial charge in [-0.15, -0.1) is 0 Å². The molecule has 3 aromatic carbocycles. The molecule has 2 N–H and O–H groups in total. The number of nitrogens with zero attached hydrogens (tertiary/aromatic N) is 1. The van der Waals surface area contributed by atoms with Gasteiger partial charge in [-0.25, -0.2) is 0 Å². The van der Waals surface area contributed by atoms with Gasteiger partial charge >= 0.3 is 0 Å². The highest BCUT2D eigenvalue weighted by atomic mass is 16.2. The number of H-pyrrole nitrogens is 1. The SMILES string of the molecule is Cc1ccc(NC(=O)CCN2C(=O)c3ccccc3[C@H]2c2c(C)[nH]c3ccccc23)cc1. The quantitative estimate of drug-likeness (QED) is 0.454. The predicted molar refractivity (Wildman–Crippen MR) is 127 cm³/mol. The topological polar surface area (TPSA) is 65.2 Å². The monoisotopic (exact) mass is 423 g/mol. The van der Waals surface area contributed by atoms with E-state index in [1.807, 2.05) is 85.5 Å². The maximum Gasteiger partial charge on any atom is 0.255 e. The molecule has 0 unspecified atom stereocenters. The molecule has 32 heavy (non-hydrogen) atoms. The van der Waals surface area contributed by atoms with E-state index < -0.39 is 0 Å². The third kappa shape index (κ3) is 3.46. The van der Waals surface area contributed by atoms with E-state index in [-0.39, 0.29) is 24.3 Å². The summed E-state index contributed by atoms with van der Waals surface area (Å²) in [5.74, 6) is -0.134. The number of hydrogen-bond donors (Lipinski definition) is 2. The third-order valence-electron chi connectivity index (χ3n) is 6.19. The van der Waals surface area contributed by atoms with Crippen molar-refractivity contribution in [2.24, 2.45) is 0 Å². The number of amides is 2. The van der Waals surface area contributed by atoms with Gasteiger partial charge in [0.25, 0.3) is 5.91 Å². The molecule has 2 heterocycles. The number of fused-ring (bicyclic) bond motifs is 2. The minimum atomic E-state index is -0.220. The summed E-state index contributed by atoms with van der Waals surface area (Å²) in [6.07, 6.45) is 0.228. The van der Waals surface area contributed by atoms with Crippen LogP contribution in [0.5, 0.6) is 0 Å². The van der Waals surface area contributed by atoms with Crippen molar-refractivity contribution in [3.63, 3.8) is 0 Å². The fourth-order valence-corrected chi connectivity index (χ4v) is 4.65. The van der Waals surface area contributed by atoms with Crippen LogP contribution in [0, 0.1) is 13.8 Å². The smallest absolute Gasteiger partial charge is 0.255 e. The van der Waals surface area contributed by atoms with Gasteiger partial charge < -0.3 is 15.2 Å². The van der Waals surface area contributed by atoms with Gasteiger partial charge in [-0.05, 0) is 43.7 Å². The number of aromatic amines is 1. The zero-order valence-electron chi connectivity index (χ0n) is 18.2. The Hall–Kier alpha value is -3.86. The number of aryl methyl sites for hydroxylation is 2. The zero-order valence-corrected chi connectivity index (χ0v) is 18.2. The van der Waals surface area contributed by atoms with Crippen LogP contribution in [-0.2, 0) is 4.79 Å².